The summed E-state index contributed by atoms with van der Waals surface area (Å²) in [6.07, 6.45) is 2.50. The van der Waals surface area contributed by atoms with E-state index in [0.29, 0.717) is 5.57 Å². The standard InChI is InChI=1S/C14H13NO3/c1-3-13(17)18-14(2)11(9-12(16)15-14)10-7-5-4-6-8-10/h3-9H,1H2,2H3,(H,15,16). The lowest BCUT2D eigenvalue weighted by Crippen LogP contribution is -2.44. The van der Waals surface area contributed by atoms with Crippen LogP contribution in [0.3, 0.4) is 0 Å². The number of carbonyl (C=O) groups excluding carboxylic acids is 2. The van der Waals surface area contributed by atoms with Gasteiger partial charge in [0, 0.05) is 17.7 Å². The van der Waals surface area contributed by atoms with Gasteiger partial charge in [0.25, 0.3) is 0 Å². The Kier molecular flexibility index (Phi) is 3.02. The van der Waals surface area contributed by atoms with Crippen molar-refractivity contribution in [1.82, 2.24) is 5.32 Å². The Morgan fingerprint density at radius 3 is 2.67 bits per heavy atom. The minimum Gasteiger partial charge on any atom is -0.432 e. The second-order valence-electron chi connectivity index (χ2n) is 4.07. The first-order valence-corrected chi connectivity index (χ1v) is 5.50. The number of hydrogen-bond donors (Lipinski definition) is 1. The summed E-state index contributed by atoms with van der Waals surface area (Å²) in [5.74, 6) is -0.866. The van der Waals surface area contributed by atoms with Crippen molar-refractivity contribution >= 4 is 17.4 Å². The monoisotopic (exact) mass is 243 g/mol. The van der Waals surface area contributed by atoms with E-state index in [1.807, 2.05) is 30.3 Å². The fraction of sp³-hybridized carbons (Fsp3) is 0.143. The van der Waals surface area contributed by atoms with Crippen LogP contribution in [0.4, 0.5) is 0 Å². The van der Waals surface area contributed by atoms with Gasteiger partial charge >= 0.3 is 5.97 Å². The van der Waals surface area contributed by atoms with Gasteiger partial charge in [-0.2, -0.15) is 0 Å². The summed E-state index contributed by atoms with van der Waals surface area (Å²) in [7, 11) is 0. The van der Waals surface area contributed by atoms with Crippen molar-refractivity contribution in [3.05, 3.63) is 54.6 Å². The molecule has 0 aliphatic carbocycles. The van der Waals surface area contributed by atoms with E-state index in [-0.39, 0.29) is 5.91 Å². The summed E-state index contributed by atoms with van der Waals surface area (Å²) in [5, 5.41) is 2.62. The Morgan fingerprint density at radius 2 is 2.06 bits per heavy atom. The maximum Gasteiger partial charge on any atom is 0.332 e. The number of hydrogen-bond acceptors (Lipinski definition) is 3. The van der Waals surface area contributed by atoms with E-state index >= 15 is 0 Å². The van der Waals surface area contributed by atoms with Gasteiger partial charge in [0.05, 0.1) is 0 Å². The van der Waals surface area contributed by atoms with Crippen LogP contribution in [-0.2, 0) is 14.3 Å². The molecule has 0 radical (unpaired) electrons. The van der Waals surface area contributed by atoms with Crippen LogP contribution in [0.5, 0.6) is 0 Å². The van der Waals surface area contributed by atoms with E-state index in [0.717, 1.165) is 11.6 Å². The Labute approximate surface area is 105 Å². The maximum absolute atomic E-state index is 11.5. The van der Waals surface area contributed by atoms with Crippen molar-refractivity contribution in [3.63, 3.8) is 0 Å². The number of esters is 1. The second kappa shape index (κ2) is 4.49. The molecular weight excluding hydrogens is 230 g/mol. The fourth-order valence-electron chi connectivity index (χ4n) is 1.91. The molecule has 0 spiro atoms. The summed E-state index contributed by atoms with van der Waals surface area (Å²) >= 11 is 0. The summed E-state index contributed by atoms with van der Waals surface area (Å²) in [5.41, 5.74) is 0.308. The Hall–Kier alpha value is -2.36. The average Bonchev–Trinajstić information content (AvgIpc) is 2.65. The fourth-order valence-corrected chi connectivity index (χ4v) is 1.91. The number of nitrogens with one attached hydrogen (secondary N) is 1. The molecule has 4 nitrogen and oxygen atoms in total. The van der Waals surface area contributed by atoms with Crippen molar-refractivity contribution in [2.75, 3.05) is 0 Å². The lowest BCUT2D eigenvalue weighted by Gasteiger charge is -2.27. The van der Waals surface area contributed by atoms with Gasteiger partial charge in [-0.25, -0.2) is 4.79 Å². The van der Waals surface area contributed by atoms with Crippen LogP contribution in [-0.4, -0.2) is 17.6 Å². The van der Waals surface area contributed by atoms with Gasteiger partial charge < -0.3 is 10.1 Å². The highest BCUT2D eigenvalue weighted by molar-refractivity contribution is 6.03. The predicted octanol–water partition coefficient (Wildman–Crippen LogP) is 1.65. The molecule has 1 aliphatic rings. The van der Waals surface area contributed by atoms with Gasteiger partial charge in [-0.15, -0.1) is 0 Å². The molecule has 18 heavy (non-hydrogen) atoms. The number of rotatable bonds is 3. The zero-order chi connectivity index (χ0) is 13.2. The molecule has 0 saturated heterocycles. The number of benzene rings is 1. The minimum absolute atomic E-state index is 0.284. The largest absolute Gasteiger partial charge is 0.432 e. The van der Waals surface area contributed by atoms with Crippen molar-refractivity contribution in [2.45, 2.75) is 12.6 Å². The summed E-state index contributed by atoms with van der Waals surface area (Å²) < 4.78 is 5.23. The van der Waals surface area contributed by atoms with Crippen LogP contribution in [0.25, 0.3) is 5.57 Å². The highest BCUT2D eigenvalue weighted by Crippen LogP contribution is 2.32. The van der Waals surface area contributed by atoms with E-state index in [2.05, 4.69) is 11.9 Å². The number of carbonyl (C=O) groups is 2. The molecule has 1 amide bonds. The quantitative estimate of drug-likeness (QED) is 0.648. The van der Waals surface area contributed by atoms with E-state index in [9.17, 15) is 9.59 Å². The van der Waals surface area contributed by atoms with Crippen LogP contribution in [0.15, 0.2) is 49.1 Å². The Bertz CT molecular complexity index is 533. The van der Waals surface area contributed by atoms with E-state index < -0.39 is 11.7 Å². The van der Waals surface area contributed by atoms with Crippen molar-refractivity contribution in [2.24, 2.45) is 0 Å². The molecule has 1 atom stereocenters. The molecular formula is C14H13NO3. The molecule has 1 aromatic rings. The lowest BCUT2D eigenvalue weighted by molar-refractivity contribution is -0.149. The van der Waals surface area contributed by atoms with Gasteiger partial charge in [-0.05, 0) is 12.5 Å². The zero-order valence-electron chi connectivity index (χ0n) is 9.97. The predicted molar refractivity (Wildman–Crippen MR) is 67.3 cm³/mol. The molecule has 1 heterocycles. The highest BCUT2D eigenvalue weighted by atomic mass is 16.6. The van der Waals surface area contributed by atoms with Gasteiger partial charge in [0.15, 0.2) is 0 Å². The molecule has 0 bridgehead atoms. The lowest BCUT2D eigenvalue weighted by atomic mass is 9.98. The zero-order valence-corrected chi connectivity index (χ0v) is 9.97. The topological polar surface area (TPSA) is 55.4 Å². The van der Waals surface area contributed by atoms with Crippen LogP contribution in [0, 0.1) is 0 Å². The first kappa shape index (κ1) is 12.1. The number of ether oxygens (including phenoxy) is 1. The van der Waals surface area contributed by atoms with Crippen LogP contribution >= 0.6 is 0 Å². The van der Waals surface area contributed by atoms with E-state index in [1.165, 1.54) is 6.08 Å². The van der Waals surface area contributed by atoms with Crippen molar-refractivity contribution in [1.29, 1.82) is 0 Å². The average molecular weight is 243 g/mol. The minimum atomic E-state index is -1.15. The van der Waals surface area contributed by atoms with Crippen molar-refractivity contribution < 1.29 is 14.3 Å². The van der Waals surface area contributed by atoms with Gasteiger partial charge in [-0.1, -0.05) is 36.9 Å². The van der Waals surface area contributed by atoms with E-state index in [1.54, 1.807) is 6.92 Å². The molecule has 2 rings (SSSR count). The third kappa shape index (κ3) is 2.18. The maximum atomic E-state index is 11.5. The SMILES string of the molecule is C=CC(=O)OC1(C)NC(=O)C=C1c1ccccc1. The molecule has 1 unspecified atom stereocenters. The summed E-state index contributed by atoms with van der Waals surface area (Å²) in [6, 6.07) is 9.29. The highest BCUT2D eigenvalue weighted by Gasteiger charge is 2.40. The number of amides is 1. The van der Waals surface area contributed by atoms with Gasteiger partial charge in [-0.3, -0.25) is 4.79 Å². The molecule has 1 aromatic carbocycles. The second-order valence-corrected chi connectivity index (χ2v) is 4.07. The smallest absolute Gasteiger partial charge is 0.332 e. The third-order valence-corrected chi connectivity index (χ3v) is 2.71. The molecule has 0 fully saturated rings. The third-order valence-electron chi connectivity index (χ3n) is 2.71. The Morgan fingerprint density at radius 1 is 1.39 bits per heavy atom. The normalized spacial score (nSPS) is 22.1. The van der Waals surface area contributed by atoms with Crippen LogP contribution < -0.4 is 5.32 Å². The summed E-state index contributed by atoms with van der Waals surface area (Å²) in [4.78, 5) is 22.8. The molecule has 0 saturated carbocycles. The van der Waals surface area contributed by atoms with Crippen molar-refractivity contribution in [3.8, 4) is 0 Å². The van der Waals surface area contributed by atoms with Crippen LogP contribution in [0.2, 0.25) is 0 Å². The molecule has 0 aromatic heterocycles. The van der Waals surface area contributed by atoms with Crippen LogP contribution in [0.1, 0.15) is 12.5 Å². The Balaban J connectivity index is 2.37. The van der Waals surface area contributed by atoms with Gasteiger partial charge in [0.1, 0.15) is 0 Å². The molecule has 4 heteroatoms. The first-order valence-electron chi connectivity index (χ1n) is 5.50. The first-order chi connectivity index (χ1) is 8.55. The molecule has 1 aliphatic heterocycles. The summed E-state index contributed by atoms with van der Waals surface area (Å²) in [6.45, 7) is 4.98. The van der Waals surface area contributed by atoms with E-state index in [4.69, 9.17) is 4.74 Å². The van der Waals surface area contributed by atoms with Gasteiger partial charge in [0.2, 0.25) is 11.6 Å². The molecule has 1 N–H and O–H groups in total. The molecule has 92 valence electrons.